The summed E-state index contributed by atoms with van der Waals surface area (Å²) in [7, 11) is 0. The van der Waals surface area contributed by atoms with Crippen LogP contribution in [0.5, 0.6) is 0 Å². The second kappa shape index (κ2) is 5.69. The van der Waals surface area contributed by atoms with Gasteiger partial charge in [-0.3, -0.25) is 5.84 Å². The molecule has 0 saturated carbocycles. The molecule has 0 amide bonds. The number of nitrogens with one attached hydrogen (secondary N) is 1. The SMILES string of the molecule is C/C=C(\C=C(/NN)C(C)(C)C)c1ccccc1. The summed E-state index contributed by atoms with van der Waals surface area (Å²) >= 11 is 0. The van der Waals surface area contributed by atoms with E-state index in [2.05, 4.69) is 50.5 Å². The highest BCUT2D eigenvalue weighted by atomic mass is 15.2. The molecule has 0 spiro atoms. The third-order valence-corrected chi connectivity index (χ3v) is 2.68. The smallest absolute Gasteiger partial charge is 0.0318 e. The van der Waals surface area contributed by atoms with Crippen LogP contribution >= 0.6 is 0 Å². The fraction of sp³-hybridized carbons (Fsp3) is 0.333. The van der Waals surface area contributed by atoms with Crippen LogP contribution in [0.15, 0.2) is 48.2 Å². The standard InChI is InChI=1S/C15H22N2/c1-5-12(13-9-7-6-8-10-13)11-14(17-16)15(2,3)4/h5-11,17H,16H2,1-4H3/b12-5+,14-11-. The largest absolute Gasteiger partial charge is 0.328 e. The van der Waals surface area contributed by atoms with Crippen molar-refractivity contribution in [1.29, 1.82) is 0 Å². The third-order valence-electron chi connectivity index (χ3n) is 2.68. The molecule has 1 aromatic carbocycles. The fourth-order valence-electron chi connectivity index (χ4n) is 1.59. The van der Waals surface area contributed by atoms with Gasteiger partial charge in [-0.25, -0.2) is 0 Å². The summed E-state index contributed by atoms with van der Waals surface area (Å²) in [5.74, 6) is 5.59. The zero-order valence-electron chi connectivity index (χ0n) is 11.1. The van der Waals surface area contributed by atoms with Crippen LogP contribution in [0.1, 0.15) is 33.3 Å². The Morgan fingerprint density at radius 3 is 2.18 bits per heavy atom. The second-order valence-corrected chi connectivity index (χ2v) is 5.06. The van der Waals surface area contributed by atoms with Crippen molar-refractivity contribution in [3.63, 3.8) is 0 Å². The van der Waals surface area contributed by atoms with Gasteiger partial charge in [0.1, 0.15) is 0 Å². The van der Waals surface area contributed by atoms with Gasteiger partial charge in [-0.15, -0.1) is 0 Å². The highest BCUT2D eigenvalue weighted by Gasteiger charge is 2.16. The maximum atomic E-state index is 5.59. The van der Waals surface area contributed by atoms with E-state index in [-0.39, 0.29) is 5.41 Å². The Hall–Kier alpha value is -1.54. The summed E-state index contributed by atoms with van der Waals surface area (Å²) < 4.78 is 0. The van der Waals surface area contributed by atoms with Gasteiger partial charge in [0.05, 0.1) is 0 Å². The van der Waals surface area contributed by atoms with E-state index in [1.54, 1.807) is 0 Å². The number of allylic oxidation sites excluding steroid dienone is 4. The molecular weight excluding hydrogens is 208 g/mol. The first-order valence-corrected chi connectivity index (χ1v) is 5.89. The summed E-state index contributed by atoms with van der Waals surface area (Å²) in [6.45, 7) is 8.44. The van der Waals surface area contributed by atoms with Crippen LogP contribution in [0.25, 0.3) is 5.57 Å². The lowest BCUT2D eigenvalue weighted by molar-refractivity contribution is 0.464. The molecule has 0 atom stereocenters. The molecule has 0 saturated heterocycles. The number of rotatable bonds is 3. The van der Waals surface area contributed by atoms with Gasteiger partial charge in [0, 0.05) is 11.1 Å². The first kappa shape index (κ1) is 13.5. The number of hydrogen-bond acceptors (Lipinski definition) is 2. The van der Waals surface area contributed by atoms with Crippen LogP contribution in [-0.4, -0.2) is 0 Å². The van der Waals surface area contributed by atoms with Crippen molar-refractivity contribution in [1.82, 2.24) is 5.43 Å². The second-order valence-electron chi connectivity index (χ2n) is 5.06. The van der Waals surface area contributed by atoms with Crippen molar-refractivity contribution in [2.45, 2.75) is 27.7 Å². The van der Waals surface area contributed by atoms with E-state index >= 15 is 0 Å². The van der Waals surface area contributed by atoms with Gasteiger partial charge >= 0.3 is 0 Å². The zero-order chi connectivity index (χ0) is 12.9. The van der Waals surface area contributed by atoms with Gasteiger partial charge < -0.3 is 5.43 Å². The predicted octanol–water partition coefficient (Wildman–Crippen LogP) is 3.48. The molecule has 2 heteroatoms. The quantitative estimate of drug-likeness (QED) is 0.474. The van der Waals surface area contributed by atoms with Gasteiger partial charge in [-0.1, -0.05) is 57.2 Å². The molecular formula is C15H22N2. The number of benzene rings is 1. The van der Waals surface area contributed by atoms with Crippen molar-refractivity contribution in [3.8, 4) is 0 Å². The molecule has 0 bridgehead atoms. The molecule has 1 rings (SSSR count). The van der Waals surface area contributed by atoms with E-state index in [1.165, 1.54) is 11.1 Å². The van der Waals surface area contributed by atoms with E-state index in [9.17, 15) is 0 Å². The first-order chi connectivity index (χ1) is 7.99. The Kier molecular flexibility index (Phi) is 4.53. The normalized spacial score (nSPS) is 13.7. The minimum Gasteiger partial charge on any atom is -0.328 e. The lowest BCUT2D eigenvalue weighted by Crippen LogP contribution is -2.29. The van der Waals surface area contributed by atoms with Crippen LogP contribution in [0.4, 0.5) is 0 Å². The molecule has 0 aliphatic heterocycles. The maximum Gasteiger partial charge on any atom is 0.0318 e. The topological polar surface area (TPSA) is 38.0 Å². The van der Waals surface area contributed by atoms with Gasteiger partial charge in [-0.2, -0.15) is 0 Å². The molecule has 0 heterocycles. The highest BCUT2D eigenvalue weighted by molar-refractivity contribution is 5.74. The molecule has 0 aliphatic carbocycles. The third kappa shape index (κ3) is 3.75. The Labute approximate surface area is 104 Å². The number of hydrazine groups is 1. The van der Waals surface area contributed by atoms with Crippen molar-refractivity contribution in [2.24, 2.45) is 11.3 Å². The fourth-order valence-corrected chi connectivity index (χ4v) is 1.59. The molecule has 2 nitrogen and oxygen atoms in total. The molecule has 1 aromatic rings. The minimum absolute atomic E-state index is 0.0117. The Morgan fingerprint density at radius 1 is 1.18 bits per heavy atom. The summed E-state index contributed by atoms with van der Waals surface area (Å²) in [5.41, 5.74) is 6.21. The summed E-state index contributed by atoms with van der Waals surface area (Å²) in [6, 6.07) is 10.3. The summed E-state index contributed by atoms with van der Waals surface area (Å²) in [6.07, 6.45) is 4.20. The number of hydrogen-bond donors (Lipinski definition) is 2. The Bertz CT molecular complexity index is 408. The van der Waals surface area contributed by atoms with Crippen LogP contribution in [0, 0.1) is 5.41 Å². The minimum atomic E-state index is 0.0117. The van der Waals surface area contributed by atoms with Crippen molar-refractivity contribution < 1.29 is 0 Å². The summed E-state index contributed by atoms with van der Waals surface area (Å²) in [4.78, 5) is 0. The first-order valence-electron chi connectivity index (χ1n) is 5.89. The molecule has 0 aromatic heterocycles. The predicted molar refractivity (Wildman–Crippen MR) is 75.0 cm³/mol. The average Bonchev–Trinajstić information content (AvgIpc) is 2.30. The van der Waals surface area contributed by atoms with Crippen molar-refractivity contribution in [2.75, 3.05) is 0 Å². The van der Waals surface area contributed by atoms with E-state index < -0.39 is 0 Å². The zero-order valence-corrected chi connectivity index (χ0v) is 11.1. The molecule has 17 heavy (non-hydrogen) atoms. The van der Waals surface area contributed by atoms with Crippen LogP contribution < -0.4 is 11.3 Å². The summed E-state index contributed by atoms with van der Waals surface area (Å²) in [5, 5.41) is 0. The van der Waals surface area contributed by atoms with Gasteiger partial charge in [0.25, 0.3) is 0 Å². The van der Waals surface area contributed by atoms with Crippen molar-refractivity contribution in [3.05, 3.63) is 53.7 Å². The average molecular weight is 230 g/mol. The van der Waals surface area contributed by atoms with E-state index in [0.29, 0.717) is 0 Å². The van der Waals surface area contributed by atoms with E-state index in [4.69, 9.17) is 5.84 Å². The number of nitrogens with two attached hydrogens (primary N) is 1. The van der Waals surface area contributed by atoms with Crippen LogP contribution in [0.3, 0.4) is 0 Å². The molecule has 3 N–H and O–H groups in total. The molecule has 0 unspecified atom stereocenters. The van der Waals surface area contributed by atoms with Crippen molar-refractivity contribution >= 4 is 5.57 Å². The van der Waals surface area contributed by atoms with Gasteiger partial charge in [0.15, 0.2) is 0 Å². The molecule has 0 radical (unpaired) electrons. The van der Waals surface area contributed by atoms with E-state index in [1.807, 2.05) is 25.1 Å². The monoisotopic (exact) mass is 230 g/mol. The molecule has 0 aliphatic rings. The van der Waals surface area contributed by atoms with Gasteiger partial charge in [-0.05, 0) is 24.1 Å². The van der Waals surface area contributed by atoms with E-state index in [0.717, 1.165) is 5.70 Å². The van der Waals surface area contributed by atoms with Gasteiger partial charge in [0.2, 0.25) is 0 Å². The Morgan fingerprint density at radius 2 is 1.76 bits per heavy atom. The maximum absolute atomic E-state index is 5.59. The lowest BCUT2D eigenvalue weighted by atomic mass is 9.90. The highest BCUT2D eigenvalue weighted by Crippen LogP contribution is 2.26. The molecule has 92 valence electrons. The molecule has 0 fully saturated rings. The lowest BCUT2D eigenvalue weighted by Gasteiger charge is -2.23. The van der Waals surface area contributed by atoms with Crippen LogP contribution in [-0.2, 0) is 0 Å². The Balaban J connectivity index is 3.10. The van der Waals surface area contributed by atoms with Crippen LogP contribution in [0.2, 0.25) is 0 Å².